The van der Waals surface area contributed by atoms with Gasteiger partial charge in [0.1, 0.15) is 6.07 Å². The summed E-state index contributed by atoms with van der Waals surface area (Å²) in [7, 11) is 1.96. The number of hydrogen-bond donors (Lipinski definition) is 0. The lowest BCUT2D eigenvalue weighted by Gasteiger charge is -2.01. The summed E-state index contributed by atoms with van der Waals surface area (Å²) < 4.78 is 1.98. The average Bonchev–Trinajstić information content (AvgIpc) is 2.65. The van der Waals surface area contributed by atoms with Crippen LogP contribution in [0.2, 0.25) is 0 Å². The van der Waals surface area contributed by atoms with E-state index < -0.39 is 0 Å². The normalized spacial score (nSPS) is 9.27. The number of nitriles is 1. The number of nitrogens with zero attached hydrogens (tertiary/aromatic N) is 3. The van der Waals surface area contributed by atoms with Crippen molar-refractivity contribution < 1.29 is 0 Å². The number of rotatable bonds is 0. The Morgan fingerprint density at radius 1 is 1.40 bits per heavy atom. The van der Waals surface area contributed by atoms with Gasteiger partial charge in [-0.25, -0.2) is 0 Å². The second-order valence-corrected chi connectivity index (χ2v) is 3.07. The van der Waals surface area contributed by atoms with Gasteiger partial charge in [0.05, 0.1) is 16.6 Å². The van der Waals surface area contributed by atoms with Crippen LogP contribution in [0.4, 0.5) is 0 Å². The maximum absolute atomic E-state index is 8.81. The Hall–Kier alpha value is -1.82. The van der Waals surface area contributed by atoms with Crippen molar-refractivity contribution in [2.45, 2.75) is 20.8 Å². The number of pyridine rings is 1. The van der Waals surface area contributed by atoms with Gasteiger partial charge in [-0.05, 0) is 18.6 Å². The smallest absolute Gasteiger partial charge is 0.101 e. The summed E-state index contributed by atoms with van der Waals surface area (Å²) in [6.07, 6.45) is 3.57. The van der Waals surface area contributed by atoms with E-state index in [4.69, 9.17) is 5.26 Å². The van der Waals surface area contributed by atoms with E-state index in [9.17, 15) is 0 Å². The van der Waals surface area contributed by atoms with Crippen molar-refractivity contribution in [3.63, 3.8) is 0 Å². The predicted octanol–water partition coefficient (Wildman–Crippen LogP) is 2.78. The quantitative estimate of drug-likeness (QED) is 0.657. The fourth-order valence-electron chi connectivity index (χ4n) is 1.55. The van der Waals surface area contributed by atoms with Crippen LogP contribution in [0, 0.1) is 18.3 Å². The molecule has 15 heavy (non-hydrogen) atoms. The van der Waals surface area contributed by atoms with Crippen molar-refractivity contribution in [3.8, 4) is 6.07 Å². The molecule has 2 aromatic heterocycles. The minimum absolute atomic E-state index is 0.648. The van der Waals surface area contributed by atoms with E-state index in [0.29, 0.717) is 5.56 Å². The summed E-state index contributed by atoms with van der Waals surface area (Å²) in [5.41, 5.74) is 3.63. The van der Waals surface area contributed by atoms with Gasteiger partial charge in [-0.15, -0.1) is 0 Å². The minimum atomic E-state index is 0.648. The molecular formula is C12H15N3. The van der Waals surface area contributed by atoms with E-state index in [-0.39, 0.29) is 0 Å². The molecule has 0 N–H and O–H groups in total. The third kappa shape index (κ3) is 1.84. The van der Waals surface area contributed by atoms with Crippen molar-refractivity contribution in [1.82, 2.24) is 9.55 Å². The summed E-state index contributed by atoms with van der Waals surface area (Å²) in [6.45, 7) is 5.95. The highest BCUT2D eigenvalue weighted by atomic mass is 14.9. The van der Waals surface area contributed by atoms with E-state index in [2.05, 4.69) is 11.1 Å². The van der Waals surface area contributed by atoms with Crippen LogP contribution < -0.4 is 0 Å². The summed E-state index contributed by atoms with van der Waals surface area (Å²) in [6, 6.07) is 4.08. The number of hydrogen-bond acceptors (Lipinski definition) is 2. The van der Waals surface area contributed by atoms with E-state index in [1.807, 2.05) is 44.6 Å². The largest absolute Gasteiger partial charge is 0.349 e. The molecule has 0 bridgehead atoms. The molecule has 3 heteroatoms. The van der Waals surface area contributed by atoms with Gasteiger partial charge < -0.3 is 4.57 Å². The third-order valence-corrected chi connectivity index (χ3v) is 2.26. The van der Waals surface area contributed by atoms with Crippen LogP contribution in [0.1, 0.15) is 25.0 Å². The second-order valence-electron chi connectivity index (χ2n) is 3.07. The molecule has 2 rings (SSSR count). The van der Waals surface area contributed by atoms with Crippen molar-refractivity contribution in [2.75, 3.05) is 0 Å². The molecule has 0 atom stereocenters. The lowest BCUT2D eigenvalue weighted by Crippen LogP contribution is -1.92. The lowest BCUT2D eigenvalue weighted by atomic mass is 10.1. The molecule has 0 saturated carbocycles. The van der Waals surface area contributed by atoms with Crippen LogP contribution in [0.3, 0.4) is 0 Å². The fraction of sp³-hybridized carbons (Fsp3) is 0.333. The molecule has 0 fully saturated rings. The SMILES string of the molecule is CC.Cc1c(C#N)cnc2ccn(C)c12. The molecule has 0 aliphatic heterocycles. The molecule has 0 aliphatic rings. The highest BCUT2D eigenvalue weighted by Crippen LogP contribution is 2.19. The van der Waals surface area contributed by atoms with Crippen LogP contribution in [-0.2, 0) is 7.05 Å². The number of fused-ring (bicyclic) bond motifs is 1. The molecule has 3 nitrogen and oxygen atoms in total. The van der Waals surface area contributed by atoms with Crippen LogP contribution >= 0.6 is 0 Å². The Balaban J connectivity index is 0.000000531. The molecule has 0 saturated heterocycles. The van der Waals surface area contributed by atoms with Crippen molar-refractivity contribution >= 4 is 11.0 Å². The van der Waals surface area contributed by atoms with Gasteiger partial charge in [-0.3, -0.25) is 4.98 Å². The van der Waals surface area contributed by atoms with Crippen molar-refractivity contribution in [1.29, 1.82) is 5.26 Å². The van der Waals surface area contributed by atoms with Gasteiger partial charge >= 0.3 is 0 Å². The average molecular weight is 201 g/mol. The monoisotopic (exact) mass is 201 g/mol. The molecule has 0 radical (unpaired) electrons. The van der Waals surface area contributed by atoms with Gasteiger partial charge in [-0.2, -0.15) is 5.26 Å². The van der Waals surface area contributed by atoms with Gasteiger partial charge in [0.2, 0.25) is 0 Å². The van der Waals surface area contributed by atoms with Gasteiger partial charge in [0.25, 0.3) is 0 Å². The minimum Gasteiger partial charge on any atom is -0.349 e. The molecule has 78 valence electrons. The van der Waals surface area contributed by atoms with Crippen LogP contribution in [0.25, 0.3) is 11.0 Å². The first kappa shape index (κ1) is 11.3. The molecule has 0 amide bonds. The zero-order valence-electron chi connectivity index (χ0n) is 9.57. The zero-order chi connectivity index (χ0) is 11.4. The lowest BCUT2D eigenvalue weighted by molar-refractivity contribution is 0.962. The maximum Gasteiger partial charge on any atom is 0.101 e. The standard InChI is InChI=1S/C10H9N3.C2H6/c1-7-8(5-11)6-12-9-3-4-13(2)10(7)9;1-2/h3-4,6H,1-2H3;1-2H3. The highest BCUT2D eigenvalue weighted by molar-refractivity contribution is 5.80. The first-order valence-electron chi connectivity index (χ1n) is 5.05. The molecule has 0 aliphatic carbocycles. The van der Waals surface area contributed by atoms with Gasteiger partial charge in [0.15, 0.2) is 0 Å². The molecule has 0 spiro atoms. The zero-order valence-corrected chi connectivity index (χ0v) is 9.57. The van der Waals surface area contributed by atoms with E-state index in [1.165, 1.54) is 0 Å². The Morgan fingerprint density at radius 2 is 2.07 bits per heavy atom. The molecule has 0 unspecified atom stereocenters. The molecule has 2 aromatic rings. The van der Waals surface area contributed by atoms with E-state index in [1.54, 1.807) is 6.20 Å². The summed E-state index contributed by atoms with van der Waals surface area (Å²) in [5.74, 6) is 0. The Labute approximate surface area is 90.0 Å². The number of aryl methyl sites for hydroxylation is 2. The Bertz CT molecular complexity index is 503. The van der Waals surface area contributed by atoms with Crippen LogP contribution in [0.5, 0.6) is 0 Å². The number of aromatic nitrogens is 2. The molecule has 0 aromatic carbocycles. The fourth-order valence-corrected chi connectivity index (χ4v) is 1.55. The molecule has 2 heterocycles. The van der Waals surface area contributed by atoms with Crippen molar-refractivity contribution in [3.05, 3.63) is 29.6 Å². The van der Waals surface area contributed by atoms with Gasteiger partial charge in [0, 0.05) is 19.4 Å². The van der Waals surface area contributed by atoms with Crippen molar-refractivity contribution in [2.24, 2.45) is 7.05 Å². The van der Waals surface area contributed by atoms with E-state index in [0.717, 1.165) is 16.6 Å². The topological polar surface area (TPSA) is 41.6 Å². The summed E-state index contributed by atoms with van der Waals surface area (Å²) in [5, 5.41) is 8.81. The predicted molar refractivity (Wildman–Crippen MR) is 61.5 cm³/mol. The molecular weight excluding hydrogens is 186 g/mol. The van der Waals surface area contributed by atoms with Gasteiger partial charge in [-0.1, -0.05) is 13.8 Å². The second kappa shape index (κ2) is 4.61. The Morgan fingerprint density at radius 3 is 2.67 bits per heavy atom. The first-order chi connectivity index (χ1) is 7.24. The summed E-state index contributed by atoms with van der Waals surface area (Å²) >= 11 is 0. The van der Waals surface area contributed by atoms with Crippen LogP contribution in [0.15, 0.2) is 18.5 Å². The highest BCUT2D eigenvalue weighted by Gasteiger charge is 2.06. The van der Waals surface area contributed by atoms with Crippen LogP contribution in [-0.4, -0.2) is 9.55 Å². The Kier molecular flexibility index (Phi) is 3.46. The summed E-state index contributed by atoms with van der Waals surface area (Å²) in [4.78, 5) is 4.19. The first-order valence-corrected chi connectivity index (χ1v) is 5.05. The van der Waals surface area contributed by atoms with E-state index >= 15 is 0 Å². The third-order valence-electron chi connectivity index (χ3n) is 2.26. The maximum atomic E-state index is 8.81.